The van der Waals surface area contributed by atoms with Crippen LogP contribution in [-0.4, -0.2) is 86.3 Å². The largest absolute Gasteiger partial charge is 0.385 e. The Hall–Kier alpha value is -2.99. The fraction of sp³-hybridized carbons (Fsp3) is 0.667. The van der Waals surface area contributed by atoms with E-state index in [0.29, 0.717) is 25.3 Å². The van der Waals surface area contributed by atoms with Crippen molar-refractivity contribution in [3.05, 3.63) is 22.8 Å². The van der Waals surface area contributed by atoms with Crippen LogP contribution in [0.25, 0.3) is 0 Å². The number of fused-ring (bicyclic) bond motifs is 1. The minimum absolute atomic E-state index is 0.00969. The molecule has 0 aliphatic carbocycles. The van der Waals surface area contributed by atoms with Crippen molar-refractivity contribution in [1.29, 1.82) is 0 Å². The number of rotatable bonds is 7. The maximum Gasteiger partial charge on any atom is 0.321 e. The van der Waals surface area contributed by atoms with Gasteiger partial charge in [0.25, 0.3) is 0 Å². The number of carbonyl (C=O) groups is 1. The van der Waals surface area contributed by atoms with Crippen LogP contribution < -0.4 is 11.1 Å². The van der Waals surface area contributed by atoms with Crippen LogP contribution in [0.3, 0.4) is 0 Å². The van der Waals surface area contributed by atoms with E-state index in [1.165, 1.54) is 0 Å². The Morgan fingerprint density at radius 2 is 2.00 bits per heavy atom. The second kappa shape index (κ2) is 10.2. The monoisotopic (exact) mass is 503 g/mol. The van der Waals surface area contributed by atoms with Gasteiger partial charge in [-0.05, 0) is 40.5 Å². The zero-order chi connectivity index (χ0) is 26.2. The van der Waals surface area contributed by atoms with E-state index in [0.717, 1.165) is 37.4 Å². The molecule has 198 valence electrons. The van der Waals surface area contributed by atoms with E-state index in [1.54, 1.807) is 14.0 Å². The van der Waals surface area contributed by atoms with Crippen molar-refractivity contribution in [1.82, 2.24) is 34.9 Å². The number of anilines is 3. The van der Waals surface area contributed by atoms with Crippen molar-refractivity contribution in [2.45, 2.75) is 71.6 Å². The molecule has 0 radical (unpaired) electrons. The first-order valence-electron chi connectivity index (χ1n) is 12.6. The van der Waals surface area contributed by atoms with Gasteiger partial charge in [0.2, 0.25) is 5.95 Å². The first-order chi connectivity index (χ1) is 17.1. The summed E-state index contributed by atoms with van der Waals surface area (Å²) in [7, 11) is 1.72. The van der Waals surface area contributed by atoms with E-state index >= 15 is 0 Å². The number of nitrogens with one attached hydrogen (secondary N) is 2. The summed E-state index contributed by atoms with van der Waals surface area (Å²) in [5.41, 5.74) is 7.02. The summed E-state index contributed by atoms with van der Waals surface area (Å²) in [6, 6.07) is 0.313. The molecule has 0 spiro atoms. The van der Waals surface area contributed by atoms with Crippen LogP contribution in [0.1, 0.15) is 58.0 Å². The molecule has 11 nitrogen and oxygen atoms in total. The standard InChI is InChI=1S/C24H38FN9O2/c1-7-17-18(25)21(29-22(26)27-17)28-20-16-13-34(24(4,5)19(16)30-31-20)23(35)33-12-14(2)32(11-15(33)3)9-8-10-36-6/h14-15H,7-13H2,1-6H3,(H4,26,27,28,29,30,31)/t14?,15-/m0/s1. The first-order valence-corrected chi connectivity index (χ1v) is 12.6. The lowest BCUT2D eigenvalue weighted by Gasteiger charge is -2.46. The highest BCUT2D eigenvalue weighted by atomic mass is 19.1. The third-order valence-electron chi connectivity index (χ3n) is 7.36. The van der Waals surface area contributed by atoms with Gasteiger partial charge in [0.05, 0.1) is 23.5 Å². The highest BCUT2D eigenvalue weighted by molar-refractivity contribution is 5.78. The topological polar surface area (TPSA) is 129 Å². The molecule has 4 rings (SSSR count). The number of aryl methyl sites for hydroxylation is 1. The predicted molar refractivity (Wildman–Crippen MR) is 135 cm³/mol. The fourth-order valence-electron chi connectivity index (χ4n) is 5.21. The minimum Gasteiger partial charge on any atom is -0.385 e. The van der Waals surface area contributed by atoms with Crippen molar-refractivity contribution < 1.29 is 13.9 Å². The fourth-order valence-corrected chi connectivity index (χ4v) is 5.21. The third kappa shape index (κ3) is 4.71. The molecule has 1 unspecified atom stereocenters. The smallest absolute Gasteiger partial charge is 0.321 e. The number of urea groups is 1. The van der Waals surface area contributed by atoms with Gasteiger partial charge in [-0.3, -0.25) is 10.00 Å². The molecule has 2 amide bonds. The number of carbonyl (C=O) groups excluding carboxylic acids is 1. The van der Waals surface area contributed by atoms with Crippen molar-refractivity contribution >= 4 is 23.6 Å². The molecule has 0 bridgehead atoms. The highest BCUT2D eigenvalue weighted by Crippen LogP contribution is 2.42. The first kappa shape index (κ1) is 26.1. The van der Waals surface area contributed by atoms with Crippen LogP contribution in [0.15, 0.2) is 0 Å². The van der Waals surface area contributed by atoms with Crippen molar-refractivity contribution in [3.63, 3.8) is 0 Å². The van der Waals surface area contributed by atoms with Crippen LogP contribution in [0.5, 0.6) is 0 Å². The summed E-state index contributed by atoms with van der Waals surface area (Å²) in [5.74, 6) is -0.163. The lowest BCUT2D eigenvalue weighted by atomic mass is 10.0. The molecule has 12 heteroatoms. The summed E-state index contributed by atoms with van der Waals surface area (Å²) in [4.78, 5) is 28.0. The van der Waals surface area contributed by atoms with Crippen molar-refractivity contribution in [2.24, 2.45) is 0 Å². The average molecular weight is 504 g/mol. The highest BCUT2D eigenvalue weighted by Gasteiger charge is 2.46. The molecule has 0 saturated carbocycles. The number of nitrogens with zero attached hydrogens (tertiary/aromatic N) is 6. The summed E-state index contributed by atoms with van der Waals surface area (Å²) < 4.78 is 20.0. The van der Waals surface area contributed by atoms with Gasteiger partial charge in [0.1, 0.15) is 0 Å². The van der Waals surface area contributed by atoms with Gasteiger partial charge in [0, 0.05) is 51.0 Å². The molecule has 4 N–H and O–H groups in total. The van der Waals surface area contributed by atoms with Crippen LogP contribution >= 0.6 is 0 Å². The number of hydrogen-bond donors (Lipinski definition) is 3. The zero-order valence-corrected chi connectivity index (χ0v) is 22.1. The van der Waals surface area contributed by atoms with Gasteiger partial charge < -0.3 is 25.6 Å². The lowest BCUT2D eigenvalue weighted by molar-refractivity contribution is 0.0315. The van der Waals surface area contributed by atoms with E-state index in [2.05, 4.69) is 44.2 Å². The normalized spacial score (nSPS) is 21.6. The van der Waals surface area contributed by atoms with Crippen LogP contribution in [0.2, 0.25) is 0 Å². The number of halogens is 1. The maximum absolute atomic E-state index is 14.8. The second-order valence-electron chi connectivity index (χ2n) is 10.2. The molecule has 4 heterocycles. The molecule has 2 aliphatic heterocycles. The number of hydrogen-bond acceptors (Lipinski definition) is 8. The molecule has 1 saturated heterocycles. The predicted octanol–water partition coefficient (Wildman–Crippen LogP) is 2.83. The molecule has 2 atom stereocenters. The summed E-state index contributed by atoms with van der Waals surface area (Å²) in [6.07, 6.45) is 1.36. The molecular weight excluding hydrogens is 465 g/mol. The third-order valence-corrected chi connectivity index (χ3v) is 7.36. The number of aromatic amines is 1. The van der Waals surface area contributed by atoms with E-state index in [1.807, 2.05) is 23.6 Å². The number of nitrogen functional groups attached to an aromatic ring is 1. The van der Waals surface area contributed by atoms with E-state index in [4.69, 9.17) is 10.5 Å². The van der Waals surface area contributed by atoms with Gasteiger partial charge in [-0.1, -0.05) is 6.92 Å². The zero-order valence-electron chi connectivity index (χ0n) is 22.1. The number of H-pyrrole nitrogens is 1. The van der Waals surface area contributed by atoms with Crippen LogP contribution in [-0.2, 0) is 23.2 Å². The Morgan fingerprint density at radius 1 is 1.25 bits per heavy atom. The van der Waals surface area contributed by atoms with E-state index in [9.17, 15) is 9.18 Å². The molecule has 2 aromatic rings. The Bertz CT molecular complexity index is 1110. The van der Waals surface area contributed by atoms with Crippen LogP contribution in [0.4, 0.5) is 26.8 Å². The number of ether oxygens (including phenoxy) is 1. The molecule has 1 fully saturated rings. The van der Waals surface area contributed by atoms with Gasteiger partial charge >= 0.3 is 6.03 Å². The SMILES string of the molecule is CCc1nc(N)nc(Nc2n[nH]c3c2CN(C(=O)N2CC(C)N(CCCOC)C[C@@H]2C)C3(C)C)c1F. The number of amides is 2. The van der Waals surface area contributed by atoms with Gasteiger partial charge in [-0.2, -0.15) is 10.1 Å². The Kier molecular flexibility index (Phi) is 7.37. The van der Waals surface area contributed by atoms with Crippen molar-refractivity contribution in [3.8, 4) is 0 Å². The average Bonchev–Trinajstić information content (AvgIpc) is 3.35. The maximum atomic E-state index is 14.8. The van der Waals surface area contributed by atoms with Crippen molar-refractivity contribution in [2.75, 3.05) is 44.4 Å². The number of methoxy groups -OCH3 is 1. The summed E-state index contributed by atoms with van der Waals surface area (Å²) >= 11 is 0. The van der Waals surface area contributed by atoms with Gasteiger partial charge in [-0.15, -0.1) is 0 Å². The molecule has 36 heavy (non-hydrogen) atoms. The lowest BCUT2D eigenvalue weighted by Crippen LogP contribution is -2.61. The quantitative estimate of drug-likeness (QED) is 0.492. The molecule has 2 aliphatic rings. The van der Waals surface area contributed by atoms with E-state index in [-0.39, 0.29) is 35.6 Å². The summed E-state index contributed by atoms with van der Waals surface area (Å²) in [5, 5.41) is 10.4. The van der Waals surface area contributed by atoms with Crippen LogP contribution in [0, 0.1) is 5.82 Å². The Labute approximate surface area is 211 Å². The van der Waals surface area contributed by atoms with E-state index < -0.39 is 11.4 Å². The number of piperazine rings is 1. The minimum atomic E-state index is -0.615. The summed E-state index contributed by atoms with van der Waals surface area (Å²) in [6.45, 7) is 13.5. The molecular formula is C24H38FN9O2. The second-order valence-corrected chi connectivity index (χ2v) is 10.2. The number of aromatic nitrogens is 4. The molecule has 0 aromatic carbocycles. The molecule has 2 aromatic heterocycles. The Morgan fingerprint density at radius 3 is 2.69 bits per heavy atom. The Balaban J connectivity index is 1.51. The van der Waals surface area contributed by atoms with Gasteiger partial charge in [-0.25, -0.2) is 14.2 Å². The van der Waals surface area contributed by atoms with Gasteiger partial charge in [0.15, 0.2) is 17.5 Å². The number of nitrogens with two attached hydrogens (primary N) is 1.